The smallest absolute Gasteiger partial charge is 0.321 e. The van der Waals surface area contributed by atoms with Crippen LogP contribution >= 0.6 is 0 Å². The zero-order valence-corrected chi connectivity index (χ0v) is 10.8. The number of rotatable bonds is 4. The van der Waals surface area contributed by atoms with Crippen LogP contribution in [-0.2, 0) is 13.1 Å². The Morgan fingerprint density at radius 3 is 3.00 bits per heavy atom. The minimum absolute atomic E-state index is 0.171. The molecule has 1 heterocycles. The van der Waals surface area contributed by atoms with Crippen LogP contribution in [0.5, 0.6) is 0 Å². The van der Waals surface area contributed by atoms with Gasteiger partial charge < -0.3 is 16.0 Å². The minimum atomic E-state index is -0.171. The number of hydrogen-bond donors (Lipinski definition) is 3. The molecule has 0 atom stereocenters. The number of H-pyrrole nitrogens is 1. The second-order valence-electron chi connectivity index (χ2n) is 4.30. The maximum absolute atomic E-state index is 12.0. The Labute approximate surface area is 111 Å². The second kappa shape index (κ2) is 6.01. The quantitative estimate of drug-likeness (QED) is 0.778. The lowest BCUT2D eigenvalue weighted by Crippen LogP contribution is -2.30. The SMILES string of the molecule is CN(Cc1cn[nH]c1)C(=O)Nc1cccc(CN)c1. The van der Waals surface area contributed by atoms with Gasteiger partial charge in [-0.05, 0) is 17.7 Å². The van der Waals surface area contributed by atoms with Gasteiger partial charge in [0.15, 0.2) is 0 Å². The van der Waals surface area contributed by atoms with Crippen LogP contribution < -0.4 is 11.1 Å². The van der Waals surface area contributed by atoms with Crippen LogP contribution in [0.25, 0.3) is 0 Å². The van der Waals surface area contributed by atoms with Crippen molar-refractivity contribution in [2.24, 2.45) is 5.73 Å². The summed E-state index contributed by atoms with van der Waals surface area (Å²) < 4.78 is 0. The second-order valence-corrected chi connectivity index (χ2v) is 4.30. The molecule has 19 heavy (non-hydrogen) atoms. The first-order valence-corrected chi connectivity index (χ1v) is 5.98. The molecular weight excluding hydrogens is 242 g/mol. The molecule has 6 nitrogen and oxygen atoms in total. The summed E-state index contributed by atoms with van der Waals surface area (Å²) in [4.78, 5) is 13.6. The molecule has 100 valence electrons. The third-order valence-electron chi connectivity index (χ3n) is 2.74. The molecular formula is C13H17N5O. The number of urea groups is 1. The van der Waals surface area contributed by atoms with Crippen molar-refractivity contribution in [1.29, 1.82) is 0 Å². The van der Waals surface area contributed by atoms with Crippen LogP contribution in [0.3, 0.4) is 0 Å². The fourth-order valence-corrected chi connectivity index (χ4v) is 1.70. The van der Waals surface area contributed by atoms with Crippen LogP contribution in [0.2, 0.25) is 0 Å². The highest BCUT2D eigenvalue weighted by atomic mass is 16.2. The van der Waals surface area contributed by atoms with Crippen LogP contribution in [0, 0.1) is 0 Å². The van der Waals surface area contributed by atoms with E-state index in [2.05, 4.69) is 15.5 Å². The molecule has 0 saturated heterocycles. The summed E-state index contributed by atoms with van der Waals surface area (Å²) in [6, 6.07) is 7.32. The Morgan fingerprint density at radius 1 is 1.47 bits per heavy atom. The lowest BCUT2D eigenvalue weighted by atomic mass is 10.2. The first kappa shape index (κ1) is 13.1. The number of amides is 2. The van der Waals surface area contributed by atoms with Gasteiger partial charge in [0.05, 0.1) is 12.7 Å². The van der Waals surface area contributed by atoms with Crippen molar-refractivity contribution < 1.29 is 4.79 Å². The van der Waals surface area contributed by atoms with Crippen LogP contribution in [0.1, 0.15) is 11.1 Å². The summed E-state index contributed by atoms with van der Waals surface area (Å²) in [7, 11) is 1.73. The molecule has 0 aliphatic rings. The standard InChI is InChI=1S/C13H17N5O/c1-18(9-11-7-15-16-8-11)13(19)17-12-4-2-3-10(5-12)6-14/h2-5,7-8H,6,9,14H2,1H3,(H,15,16)(H,17,19). The van der Waals surface area contributed by atoms with E-state index in [1.807, 2.05) is 24.3 Å². The molecule has 4 N–H and O–H groups in total. The number of nitrogens with two attached hydrogens (primary N) is 1. The highest BCUT2D eigenvalue weighted by molar-refractivity contribution is 5.89. The fourth-order valence-electron chi connectivity index (χ4n) is 1.70. The number of carbonyl (C=O) groups excluding carboxylic acids is 1. The van der Waals surface area contributed by atoms with Crippen molar-refractivity contribution in [2.45, 2.75) is 13.1 Å². The molecule has 0 unspecified atom stereocenters. The van der Waals surface area contributed by atoms with Crippen molar-refractivity contribution in [1.82, 2.24) is 15.1 Å². The highest BCUT2D eigenvalue weighted by Crippen LogP contribution is 2.11. The number of aromatic amines is 1. The lowest BCUT2D eigenvalue weighted by molar-refractivity contribution is 0.220. The van der Waals surface area contributed by atoms with Gasteiger partial charge in [-0.15, -0.1) is 0 Å². The molecule has 2 rings (SSSR count). The first-order chi connectivity index (χ1) is 9.19. The summed E-state index contributed by atoms with van der Waals surface area (Å²) in [5, 5.41) is 9.39. The van der Waals surface area contributed by atoms with Gasteiger partial charge in [-0.25, -0.2) is 4.79 Å². The molecule has 0 saturated carbocycles. The molecule has 1 aromatic heterocycles. The van der Waals surface area contributed by atoms with Crippen molar-refractivity contribution in [3.63, 3.8) is 0 Å². The van der Waals surface area contributed by atoms with Crippen LogP contribution in [0.15, 0.2) is 36.7 Å². The van der Waals surface area contributed by atoms with Gasteiger partial charge in [0.1, 0.15) is 0 Å². The first-order valence-electron chi connectivity index (χ1n) is 5.98. The average Bonchev–Trinajstić information content (AvgIpc) is 2.91. The van der Waals surface area contributed by atoms with E-state index in [4.69, 9.17) is 5.73 Å². The Balaban J connectivity index is 1.96. The monoisotopic (exact) mass is 259 g/mol. The predicted octanol–water partition coefficient (Wildman–Crippen LogP) is 1.53. The molecule has 0 fully saturated rings. The summed E-state index contributed by atoms with van der Waals surface area (Å²) in [5.74, 6) is 0. The van der Waals surface area contributed by atoms with E-state index in [1.54, 1.807) is 24.3 Å². The molecule has 0 spiro atoms. The Hall–Kier alpha value is -2.34. The molecule has 2 aromatic rings. The van der Waals surface area contributed by atoms with Gasteiger partial charge in [0, 0.05) is 31.0 Å². The van der Waals surface area contributed by atoms with Crippen molar-refractivity contribution in [3.8, 4) is 0 Å². The van der Waals surface area contributed by atoms with Gasteiger partial charge >= 0.3 is 6.03 Å². The zero-order valence-electron chi connectivity index (χ0n) is 10.8. The zero-order chi connectivity index (χ0) is 13.7. The molecule has 0 aliphatic heterocycles. The Bertz CT molecular complexity index is 538. The summed E-state index contributed by atoms with van der Waals surface area (Å²) >= 11 is 0. The molecule has 0 radical (unpaired) electrons. The van der Waals surface area contributed by atoms with E-state index in [1.165, 1.54) is 0 Å². The van der Waals surface area contributed by atoms with Gasteiger partial charge in [0.2, 0.25) is 0 Å². The number of hydrogen-bond acceptors (Lipinski definition) is 3. The van der Waals surface area contributed by atoms with Crippen LogP contribution in [-0.4, -0.2) is 28.2 Å². The van der Waals surface area contributed by atoms with E-state index in [-0.39, 0.29) is 6.03 Å². The largest absolute Gasteiger partial charge is 0.326 e. The third-order valence-corrected chi connectivity index (χ3v) is 2.74. The molecule has 6 heteroatoms. The van der Waals surface area contributed by atoms with Crippen molar-refractivity contribution in [2.75, 3.05) is 12.4 Å². The Kier molecular flexibility index (Phi) is 4.15. The minimum Gasteiger partial charge on any atom is -0.326 e. The van der Waals surface area contributed by atoms with Gasteiger partial charge in [-0.2, -0.15) is 5.10 Å². The number of carbonyl (C=O) groups is 1. The topological polar surface area (TPSA) is 87.0 Å². The third kappa shape index (κ3) is 3.56. The lowest BCUT2D eigenvalue weighted by Gasteiger charge is -2.17. The maximum atomic E-state index is 12.0. The summed E-state index contributed by atoms with van der Waals surface area (Å²) in [6.45, 7) is 0.952. The number of aromatic nitrogens is 2. The van der Waals surface area contributed by atoms with E-state index in [0.29, 0.717) is 13.1 Å². The number of nitrogens with one attached hydrogen (secondary N) is 2. The summed E-state index contributed by atoms with van der Waals surface area (Å²) in [5.41, 5.74) is 8.24. The number of benzene rings is 1. The molecule has 1 aromatic carbocycles. The van der Waals surface area contributed by atoms with E-state index in [0.717, 1.165) is 16.8 Å². The van der Waals surface area contributed by atoms with Gasteiger partial charge in [-0.3, -0.25) is 5.10 Å². The fraction of sp³-hybridized carbons (Fsp3) is 0.231. The number of nitrogens with zero attached hydrogens (tertiary/aromatic N) is 2. The van der Waals surface area contributed by atoms with Crippen molar-refractivity contribution in [3.05, 3.63) is 47.8 Å². The normalized spacial score (nSPS) is 10.2. The van der Waals surface area contributed by atoms with Crippen LogP contribution in [0.4, 0.5) is 10.5 Å². The maximum Gasteiger partial charge on any atom is 0.321 e. The van der Waals surface area contributed by atoms with E-state index >= 15 is 0 Å². The van der Waals surface area contributed by atoms with Gasteiger partial charge in [-0.1, -0.05) is 12.1 Å². The Morgan fingerprint density at radius 2 is 2.32 bits per heavy atom. The van der Waals surface area contributed by atoms with E-state index < -0.39 is 0 Å². The van der Waals surface area contributed by atoms with Gasteiger partial charge in [0.25, 0.3) is 0 Å². The molecule has 0 aliphatic carbocycles. The average molecular weight is 259 g/mol. The summed E-state index contributed by atoms with van der Waals surface area (Å²) in [6.07, 6.45) is 3.46. The highest BCUT2D eigenvalue weighted by Gasteiger charge is 2.09. The van der Waals surface area contributed by atoms with E-state index in [9.17, 15) is 4.79 Å². The molecule has 2 amide bonds. The molecule has 0 bridgehead atoms. The number of anilines is 1. The van der Waals surface area contributed by atoms with Crippen molar-refractivity contribution >= 4 is 11.7 Å². The predicted molar refractivity (Wildman–Crippen MR) is 73.4 cm³/mol.